The van der Waals surface area contributed by atoms with Crippen LogP contribution in [0.2, 0.25) is 0 Å². The first kappa shape index (κ1) is 13.9. The lowest BCUT2D eigenvalue weighted by Gasteiger charge is -2.38. The zero-order valence-electron chi connectivity index (χ0n) is 11.7. The van der Waals surface area contributed by atoms with Crippen molar-refractivity contribution in [1.82, 2.24) is 4.90 Å². The van der Waals surface area contributed by atoms with Gasteiger partial charge in [0.25, 0.3) is 0 Å². The van der Waals surface area contributed by atoms with Gasteiger partial charge in [-0.3, -0.25) is 9.69 Å². The quantitative estimate of drug-likeness (QED) is 0.901. The van der Waals surface area contributed by atoms with Gasteiger partial charge in [-0.25, -0.2) is 0 Å². The molecule has 104 valence electrons. The normalized spacial score (nSPS) is 18.3. The van der Waals surface area contributed by atoms with Gasteiger partial charge in [-0.05, 0) is 31.5 Å². The number of carboxylic acid groups (broad SMARTS) is 1. The number of hydrogen-bond donors (Lipinski definition) is 1. The molecule has 1 saturated heterocycles. The number of hydrogen-bond acceptors (Lipinski definition) is 3. The molecule has 4 nitrogen and oxygen atoms in total. The minimum Gasteiger partial charge on any atom is -0.481 e. The third kappa shape index (κ3) is 3.70. The van der Waals surface area contributed by atoms with Gasteiger partial charge in [0.15, 0.2) is 0 Å². The first-order valence-electron chi connectivity index (χ1n) is 6.83. The zero-order chi connectivity index (χ0) is 13.8. The van der Waals surface area contributed by atoms with Crippen LogP contribution < -0.4 is 4.90 Å². The van der Waals surface area contributed by atoms with Crippen molar-refractivity contribution < 1.29 is 9.90 Å². The topological polar surface area (TPSA) is 43.8 Å². The number of aliphatic carboxylic acids is 1. The molecule has 1 aliphatic heterocycles. The van der Waals surface area contributed by atoms with E-state index >= 15 is 0 Å². The molecule has 0 amide bonds. The summed E-state index contributed by atoms with van der Waals surface area (Å²) in [6, 6.07) is 8.66. The Morgan fingerprint density at radius 2 is 2.00 bits per heavy atom. The smallest absolute Gasteiger partial charge is 0.304 e. The highest BCUT2D eigenvalue weighted by molar-refractivity contribution is 5.67. The lowest BCUT2D eigenvalue weighted by Crippen LogP contribution is -2.50. The Bertz CT molecular complexity index is 440. The Labute approximate surface area is 114 Å². The van der Waals surface area contributed by atoms with E-state index in [9.17, 15) is 4.79 Å². The van der Waals surface area contributed by atoms with E-state index in [-0.39, 0.29) is 12.5 Å². The molecule has 1 aromatic carbocycles. The van der Waals surface area contributed by atoms with Crippen LogP contribution in [0.3, 0.4) is 0 Å². The SMILES string of the molecule is Cc1cccc(N2CCN(C(C)CC(=O)O)CC2)c1. The summed E-state index contributed by atoms with van der Waals surface area (Å²) >= 11 is 0. The maximum Gasteiger partial charge on any atom is 0.304 e. The van der Waals surface area contributed by atoms with Crippen molar-refractivity contribution in [2.24, 2.45) is 0 Å². The molecule has 1 N–H and O–H groups in total. The van der Waals surface area contributed by atoms with Gasteiger partial charge < -0.3 is 10.0 Å². The second kappa shape index (κ2) is 6.06. The van der Waals surface area contributed by atoms with E-state index in [1.54, 1.807) is 0 Å². The largest absolute Gasteiger partial charge is 0.481 e. The molecule has 1 aliphatic rings. The maximum absolute atomic E-state index is 10.7. The van der Waals surface area contributed by atoms with E-state index in [2.05, 4.69) is 41.0 Å². The monoisotopic (exact) mass is 262 g/mol. The fourth-order valence-electron chi connectivity index (χ4n) is 2.63. The van der Waals surface area contributed by atoms with E-state index in [0.717, 1.165) is 26.2 Å². The highest BCUT2D eigenvalue weighted by atomic mass is 16.4. The summed E-state index contributed by atoms with van der Waals surface area (Å²) < 4.78 is 0. The molecule has 1 atom stereocenters. The van der Waals surface area contributed by atoms with Crippen molar-refractivity contribution in [3.8, 4) is 0 Å². The predicted molar refractivity (Wildman–Crippen MR) is 76.7 cm³/mol. The summed E-state index contributed by atoms with van der Waals surface area (Å²) in [6.07, 6.45) is 0.227. The molecule has 0 saturated carbocycles. The number of carbonyl (C=O) groups is 1. The number of piperazine rings is 1. The molecule has 19 heavy (non-hydrogen) atoms. The third-order valence-electron chi connectivity index (χ3n) is 3.77. The molecular formula is C15H22N2O2. The Kier molecular flexibility index (Phi) is 4.43. The van der Waals surface area contributed by atoms with Crippen LogP contribution in [0.15, 0.2) is 24.3 Å². The molecule has 0 aromatic heterocycles. The second-order valence-corrected chi connectivity index (χ2v) is 5.31. The van der Waals surface area contributed by atoms with Gasteiger partial charge in [0.1, 0.15) is 0 Å². The minimum absolute atomic E-state index is 0.122. The fraction of sp³-hybridized carbons (Fsp3) is 0.533. The summed E-state index contributed by atoms with van der Waals surface area (Å²) in [5.74, 6) is -0.714. The van der Waals surface area contributed by atoms with Gasteiger partial charge in [0.2, 0.25) is 0 Å². The highest BCUT2D eigenvalue weighted by Crippen LogP contribution is 2.19. The van der Waals surface area contributed by atoms with Gasteiger partial charge in [0, 0.05) is 37.9 Å². The van der Waals surface area contributed by atoms with Gasteiger partial charge in [-0.15, -0.1) is 0 Å². The minimum atomic E-state index is -0.714. The average Bonchev–Trinajstić information content (AvgIpc) is 2.38. The lowest BCUT2D eigenvalue weighted by molar-refractivity contribution is -0.138. The Hall–Kier alpha value is -1.55. The van der Waals surface area contributed by atoms with Crippen molar-refractivity contribution in [1.29, 1.82) is 0 Å². The van der Waals surface area contributed by atoms with Gasteiger partial charge in [-0.1, -0.05) is 12.1 Å². The van der Waals surface area contributed by atoms with E-state index < -0.39 is 5.97 Å². The summed E-state index contributed by atoms with van der Waals surface area (Å²) in [5.41, 5.74) is 2.55. The summed E-state index contributed by atoms with van der Waals surface area (Å²) in [6.45, 7) is 7.90. The standard InChI is InChI=1S/C15H22N2O2/c1-12-4-3-5-14(10-12)17-8-6-16(7-9-17)13(2)11-15(18)19/h3-5,10,13H,6-9,11H2,1-2H3,(H,18,19). The third-order valence-corrected chi connectivity index (χ3v) is 3.77. The fourth-order valence-corrected chi connectivity index (χ4v) is 2.63. The summed E-state index contributed by atoms with van der Waals surface area (Å²) in [4.78, 5) is 15.4. The van der Waals surface area contributed by atoms with Crippen LogP contribution in [0, 0.1) is 6.92 Å². The highest BCUT2D eigenvalue weighted by Gasteiger charge is 2.22. The number of rotatable bonds is 4. The van der Waals surface area contributed by atoms with Crippen LogP contribution in [0.1, 0.15) is 18.9 Å². The van der Waals surface area contributed by atoms with Crippen molar-refractivity contribution >= 4 is 11.7 Å². The molecule has 1 unspecified atom stereocenters. The molecule has 1 aromatic rings. The number of benzene rings is 1. The van der Waals surface area contributed by atoms with Gasteiger partial charge in [0.05, 0.1) is 6.42 Å². The molecule has 2 rings (SSSR count). The van der Waals surface area contributed by atoms with Crippen molar-refractivity contribution in [2.75, 3.05) is 31.1 Å². The van der Waals surface area contributed by atoms with Gasteiger partial charge >= 0.3 is 5.97 Å². The molecule has 1 heterocycles. The van der Waals surface area contributed by atoms with Gasteiger partial charge in [-0.2, -0.15) is 0 Å². The molecule has 1 fully saturated rings. The Morgan fingerprint density at radius 3 is 2.58 bits per heavy atom. The molecule has 0 aliphatic carbocycles. The van der Waals surface area contributed by atoms with Crippen molar-refractivity contribution in [3.05, 3.63) is 29.8 Å². The first-order valence-corrected chi connectivity index (χ1v) is 6.83. The predicted octanol–water partition coefficient (Wildman–Crippen LogP) is 1.98. The second-order valence-electron chi connectivity index (χ2n) is 5.31. The Morgan fingerprint density at radius 1 is 1.32 bits per heavy atom. The van der Waals surface area contributed by atoms with Crippen LogP contribution in [-0.2, 0) is 4.79 Å². The summed E-state index contributed by atoms with van der Waals surface area (Å²) in [7, 11) is 0. The van der Waals surface area contributed by atoms with Crippen molar-refractivity contribution in [2.45, 2.75) is 26.3 Å². The lowest BCUT2D eigenvalue weighted by atomic mass is 10.1. The summed E-state index contributed by atoms with van der Waals surface area (Å²) in [5, 5.41) is 8.84. The van der Waals surface area contributed by atoms with Crippen LogP contribution >= 0.6 is 0 Å². The first-order chi connectivity index (χ1) is 9.06. The van der Waals surface area contributed by atoms with E-state index in [4.69, 9.17) is 5.11 Å². The average molecular weight is 262 g/mol. The molecule has 0 spiro atoms. The van der Waals surface area contributed by atoms with E-state index in [0.29, 0.717) is 0 Å². The van der Waals surface area contributed by atoms with Crippen molar-refractivity contribution in [3.63, 3.8) is 0 Å². The molecule has 0 bridgehead atoms. The van der Waals surface area contributed by atoms with Crippen LogP contribution in [0.25, 0.3) is 0 Å². The zero-order valence-corrected chi connectivity index (χ0v) is 11.7. The van der Waals surface area contributed by atoms with E-state index in [1.807, 2.05) is 6.92 Å². The number of anilines is 1. The van der Waals surface area contributed by atoms with Crippen LogP contribution in [-0.4, -0.2) is 48.2 Å². The number of aryl methyl sites for hydroxylation is 1. The Balaban J connectivity index is 1.90. The number of carboxylic acids is 1. The van der Waals surface area contributed by atoms with Crippen LogP contribution in [0.4, 0.5) is 5.69 Å². The van der Waals surface area contributed by atoms with Crippen LogP contribution in [0.5, 0.6) is 0 Å². The maximum atomic E-state index is 10.7. The molecular weight excluding hydrogens is 240 g/mol. The molecule has 4 heteroatoms. The number of nitrogens with zero attached hydrogens (tertiary/aromatic N) is 2. The molecule has 0 radical (unpaired) electrons. The van der Waals surface area contributed by atoms with E-state index in [1.165, 1.54) is 11.3 Å².